The molecule has 25 heavy (non-hydrogen) atoms. The zero-order valence-corrected chi connectivity index (χ0v) is 15.2. The predicted octanol–water partition coefficient (Wildman–Crippen LogP) is 5.13. The number of ether oxygens (including phenoxy) is 2. The van der Waals surface area contributed by atoms with Crippen LogP contribution in [0.1, 0.15) is 49.4 Å². The van der Waals surface area contributed by atoms with Gasteiger partial charge < -0.3 is 9.47 Å². The summed E-state index contributed by atoms with van der Waals surface area (Å²) in [5.41, 5.74) is 2.30. The molecule has 2 aromatic carbocycles. The van der Waals surface area contributed by atoms with Crippen LogP contribution in [0.5, 0.6) is 11.5 Å². The number of likely N-dealkylation sites (tertiary alicyclic amines) is 1. The normalized spacial score (nSPS) is 19.4. The van der Waals surface area contributed by atoms with E-state index < -0.39 is 0 Å². The first-order valence-corrected chi connectivity index (χ1v) is 8.87. The Labute approximate surface area is 149 Å². The summed E-state index contributed by atoms with van der Waals surface area (Å²) in [7, 11) is 3.36. The van der Waals surface area contributed by atoms with E-state index in [2.05, 4.69) is 17.9 Å². The van der Waals surface area contributed by atoms with E-state index in [0.29, 0.717) is 0 Å². The Morgan fingerprint density at radius 2 is 1.80 bits per heavy atom. The molecular weight excluding hydrogens is 317 g/mol. The van der Waals surface area contributed by atoms with Crippen LogP contribution in [0, 0.1) is 5.82 Å². The van der Waals surface area contributed by atoms with Crippen LogP contribution >= 0.6 is 0 Å². The molecule has 1 saturated heterocycles. The zero-order chi connectivity index (χ0) is 17.8. The molecule has 1 aliphatic heterocycles. The average molecular weight is 343 g/mol. The van der Waals surface area contributed by atoms with Crippen LogP contribution in [-0.2, 0) is 0 Å². The van der Waals surface area contributed by atoms with Crippen molar-refractivity contribution in [3.8, 4) is 11.5 Å². The lowest BCUT2D eigenvalue weighted by Gasteiger charge is -2.41. The molecule has 1 aliphatic rings. The fourth-order valence-electron chi connectivity index (χ4n) is 3.86. The average Bonchev–Trinajstić information content (AvgIpc) is 2.67. The van der Waals surface area contributed by atoms with Crippen molar-refractivity contribution in [2.45, 2.75) is 38.3 Å². The Morgan fingerprint density at radius 3 is 2.48 bits per heavy atom. The van der Waals surface area contributed by atoms with Gasteiger partial charge in [-0.15, -0.1) is 0 Å². The smallest absolute Gasteiger partial charge is 0.165 e. The third-order valence-corrected chi connectivity index (χ3v) is 5.19. The van der Waals surface area contributed by atoms with Crippen LogP contribution < -0.4 is 9.47 Å². The quantitative estimate of drug-likeness (QED) is 0.751. The lowest BCUT2D eigenvalue weighted by atomic mass is 9.91. The van der Waals surface area contributed by atoms with Gasteiger partial charge in [0, 0.05) is 17.6 Å². The summed E-state index contributed by atoms with van der Waals surface area (Å²) in [6.07, 6.45) is 3.45. The molecule has 0 spiro atoms. The number of hydrogen-bond donors (Lipinski definition) is 0. The van der Waals surface area contributed by atoms with Crippen molar-refractivity contribution in [1.82, 2.24) is 4.90 Å². The molecule has 0 saturated carbocycles. The highest BCUT2D eigenvalue weighted by molar-refractivity contribution is 5.48. The summed E-state index contributed by atoms with van der Waals surface area (Å²) >= 11 is 0. The van der Waals surface area contributed by atoms with E-state index >= 15 is 0 Å². The van der Waals surface area contributed by atoms with Crippen molar-refractivity contribution < 1.29 is 13.9 Å². The monoisotopic (exact) mass is 343 g/mol. The molecule has 0 bridgehead atoms. The molecule has 0 aliphatic carbocycles. The van der Waals surface area contributed by atoms with Crippen molar-refractivity contribution >= 4 is 0 Å². The summed E-state index contributed by atoms with van der Waals surface area (Å²) in [5.74, 6) is 1.38. The number of halogens is 1. The molecule has 4 heteroatoms. The molecule has 134 valence electrons. The number of methoxy groups -OCH3 is 2. The van der Waals surface area contributed by atoms with Crippen molar-refractivity contribution in [3.05, 3.63) is 59.4 Å². The highest BCUT2D eigenvalue weighted by atomic mass is 19.1. The van der Waals surface area contributed by atoms with E-state index in [1.165, 1.54) is 25.0 Å². The third-order valence-electron chi connectivity index (χ3n) is 5.19. The van der Waals surface area contributed by atoms with Gasteiger partial charge in [0.05, 0.1) is 14.2 Å². The van der Waals surface area contributed by atoms with Crippen LogP contribution in [0.3, 0.4) is 0 Å². The van der Waals surface area contributed by atoms with Crippen LogP contribution in [0.25, 0.3) is 0 Å². The molecule has 2 unspecified atom stereocenters. The van der Waals surface area contributed by atoms with Crippen molar-refractivity contribution in [2.75, 3.05) is 20.8 Å². The minimum absolute atomic E-state index is 0.194. The van der Waals surface area contributed by atoms with Crippen LogP contribution in [-0.4, -0.2) is 25.7 Å². The molecule has 1 fully saturated rings. The number of piperidine rings is 1. The molecule has 2 aromatic rings. The standard InChI is InChI=1S/C21H26FNO2/c1-15(16-10-12-17(22)13-11-16)23-14-5-4-8-19(23)18-7-6-9-20(24-2)21(18)25-3/h6-7,9-13,15,19H,4-5,8,14H2,1-3H3. The minimum atomic E-state index is -0.194. The fourth-order valence-corrected chi connectivity index (χ4v) is 3.86. The van der Waals surface area contributed by atoms with Crippen molar-refractivity contribution in [3.63, 3.8) is 0 Å². The second-order valence-corrected chi connectivity index (χ2v) is 6.56. The summed E-state index contributed by atoms with van der Waals surface area (Å²) in [4.78, 5) is 2.49. The van der Waals surface area contributed by atoms with Gasteiger partial charge in [-0.3, -0.25) is 4.90 Å². The van der Waals surface area contributed by atoms with Gasteiger partial charge in [-0.25, -0.2) is 4.39 Å². The maximum atomic E-state index is 13.3. The molecule has 3 rings (SSSR count). The Hall–Kier alpha value is -2.07. The number of hydrogen-bond acceptors (Lipinski definition) is 3. The Kier molecular flexibility index (Phi) is 5.59. The summed E-state index contributed by atoms with van der Waals surface area (Å²) in [6.45, 7) is 3.21. The molecule has 1 heterocycles. The van der Waals surface area contributed by atoms with E-state index in [9.17, 15) is 4.39 Å². The Bertz CT molecular complexity index is 702. The molecule has 0 aromatic heterocycles. The topological polar surface area (TPSA) is 21.7 Å². The largest absolute Gasteiger partial charge is 0.493 e. The fraction of sp³-hybridized carbons (Fsp3) is 0.429. The number of benzene rings is 2. The van der Waals surface area contributed by atoms with Crippen LogP contribution in [0.2, 0.25) is 0 Å². The summed E-state index contributed by atoms with van der Waals surface area (Å²) in [5, 5.41) is 0. The van der Waals surface area contributed by atoms with Crippen LogP contribution in [0.15, 0.2) is 42.5 Å². The maximum Gasteiger partial charge on any atom is 0.165 e. The molecule has 3 nitrogen and oxygen atoms in total. The van der Waals surface area contributed by atoms with Gasteiger partial charge in [0.1, 0.15) is 5.82 Å². The van der Waals surface area contributed by atoms with E-state index in [4.69, 9.17) is 9.47 Å². The van der Waals surface area contributed by atoms with Gasteiger partial charge in [-0.05, 0) is 50.1 Å². The molecular formula is C21H26FNO2. The second-order valence-electron chi connectivity index (χ2n) is 6.56. The van der Waals surface area contributed by atoms with Gasteiger partial charge in [-0.2, -0.15) is 0 Å². The molecule has 0 N–H and O–H groups in total. The lowest BCUT2D eigenvalue weighted by molar-refractivity contribution is 0.101. The van der Waals surface area contributed by atoms with Crippen LogP contribution in [0.4, 0.5) is 4.39 Å². The lowest BCUT2D eigenvalue weighted by Crippen LogP contribution is -2.35. The number of rotatable bonds is 5. The summed E-state index contributed by atoms with van der Waals surface area (Å²) < 4.78 is 24.4. The Balaban J connectivity index is 1.95. The Morgan fingerprint density at radius 1 is 1.04 bits per heavy atom. The second kappa shape index (κ2) is 7.87. The first-order valence-electron chi connectivity index (χ1n) is 8.87. The van der Waals surface area contributed by atoms with Gasteiger partial charge >= 0.3 is 0 Å². The highest BCUT2D eigenvalue weighted by Gasteiger charge is 2.31. The van der Waals surface area contributed by atoms with Gasteiger partial charge in [0.25, 0.3) is 0 Å². The first kappa shape index (κ1) is 17.7. The van der Waals surface area contributed by atoms with E-state index in [1.54, 1.807) is 14.2 Å². The van der Waals surface area contributed by atoms with Gasteiger partial charge in [0.15, 0.2) is 11.5 Å². The van der Waals surface area contributed by atoms with E-state index in [0.717, 1.165) is 35.6 Å². The molecule has 0 radical (unpaired) electrons. The third kappa shape index (κ3) is 3.64. The minimum Gasteiger partial charge on any atom is -0.493 e. The first-order chi connectivity index (χ1) is 12.2. The van der Waals surface area contributed by atoms with Crippen molar-refractivity contribution in [2.24, 2.45) is 0 Å². The molecule has 2 atom stereocenters. The number of para-hydroxylation sites is 1. The van der Waals surface area contributed by atoms with E-state index in [1.807, 2.05) is 24.3 Å². The number of nitrogens with zero attached hydrogens (tertiary/aromatic N) is 1. The zero-order valence-electron chi connectivity index (χ0n) is 15.2. The maximum absolute atomic E-state index is 13.3. The summed E-state index contributed by atoms with van der Waals surface area (Å²) in [6, 6.07) is 13.4. The van der Waals surface area contributed by atoms with E-state index in [-0.39, 0.29) is 17.9 Å². The highest BCUT2D eigenvalue weighted by Crippen LogP contribution is 2.43. The van der Waals surface area contributed by atoms with Crippen molar-refractivity contribution in [1.29, 1.82) is 0 Å². The van der Waals surface area contributed by atoms with Gasteiger partial charge in [-0.1, -0.05) is 30.7 Å². The van der Waals surface area contributed by atoms with Gasteiger partial charge in [0.2, 0.25) is 0 Å². The molecule has 0 amide bonds. The predicted molar refractivity (Wildman–Crippen MR) is 97.7 cm³/mol. The SMILES string of the molecule is COc1cccc(C2CCCCN2C(C)c2ccc(F)cc2)c1OC.